The molecular weight excluding hydrogens is 136 g/mol. The molecule has 2 rings (SSSR count). The number of nitrogens with zero attached hydrogens (tertiary/aromatic N) is 1. The molecule has 1 aliphatic heterocycles. The van der Waals surface area contributed by atoms with Crippen LogP contribution in [0, 0.1) is 5.41 Å². The van der Waals surface area contributed by atoms with Crippen LogP contribution < -0.4 is 5.73 Å². The molecular formula is C9H18N2. The average Bonchev–Trinajstić information content (AvgIpc) is 2.53. The summed E-state index contributed by atoms with van der Waals surface area (Å²) in [6.07, 6.45) is 5.49. The number of likely N-dealkylation sites (tertiary alicyclic amines) is 1. The number of fused-ring (bicyclic) bond motifs is 1. The minimum Gasteiger partial charge on any atom is -0.330 e. The van der Waals surface area contributed by atoms with E-state index >= 15 is 0 Å². The molecule has 0 aromatic rings. The Morgan fingerprint density at radius 3 is 3.00 bits per heavy atom. The molecule has 0 spiro atoms. The Hall–Kier alpha value is -0.0800. The lowest BCUT2D eigenvalue weighted by atomic mass is 9.82. The quantitative estimate of drug-likeness (QED) is 0.606. The van der Waals surface area contributed by atoms with Crippen molar-refractivity contribution in [2.24, 2.45) is 11.1 Å². The van der Waals surface area contributed by atoms with Gasteiger partial charge in [-0.15, -0.1) is 0 Å². The molecule has 2 fully saturated rings. The molecule has 2 nitrogen and oxygen atoms in total. The van der Waals surface area contributed by atoms with Gasteiger partial charge in [-0.3, -0.25) is 0 Å². The summed E-state index contributed by atoms with van der Waals surface area (Å²) in [5, 5.41) is 0. The number of rotatable bonds is 1. The van der Waals surface area contributed by atoms with E-state index in [2.05, 4.69) is 11.9 Å². The van der Waals surface area contributed by atoms with Crippen LogP contribution in [-0.4, -0.2) is 31.1 Å². The lowest BCUT2D eigenvalue weighted by Gasteiger charge is -2.29. The van der Waals surface area contributed by atoms with Crippen LogP contribution in [0.15, 0.2) is 0 Å². The zero-order valence-corrected chi connectivity index (χ0v) is 7.34. The van der Waals surface area contributed by atoms with E-state index in [4.69, 9.17) is 5.73 Å². The predicted octanol–water partition coefficient (Wildman–Crippen LogP) is 0.819. The smallest absolute Gasteiger partial charge is 0.0161 e. The molecule has 11 heavy (non-hydrogen) atoms. The normalized spacial score (nSPS) is 44.7. The Morgan fingerprint density at radius 1 is 1.55 bits per heavy atom. The highest BCUT2D eigenvalue weighted by atomic mass is 15.2. The second-order valence-electron chi connectivity index (χ2n) is 4.21. The standard InChI is InChI=1S/C9H18N2/c1-11-6-5-9(7-10)4-2-3-8(9)11/h8H,2-7,10H2,1H3/t8-,9-/m1/s1. The fourth-order valence-corrected chi connectivity index (χ4v) is 2.99. The van der Waals surface area contributed by atoms with Gasteiger partial charge in [-0.2, -0.15) is 0 Å². The van der Waals surface area contributed by atoms with Gasteiger partial charge in [0.05, 0.1) is 0 Å². The van der Waals surface area contributed by atoms with Gasteiger partial charge in [0.1, 0.15) is 0 Å². The molecule has 0 radical (unpaired) electrons. The number of nitrogens with two attached hydrogens (primary N) is 1. The van der Waals surface area contributed by atoms with Crippen molar-refractivity contribution < 1.29 is 0 Å². The molecule has 0 bridgehead atoms. The zero-order chi connectivity index (χ0) is 7.90. The van der Waals surface area contributed by atoms with Crippen LogP contribution in [0.3, 0.4) is 0 Å². The van der Waals surface area contributed by atoms with Gasteiger partial charge < -0.3 is 10.6 Å². The Balaban J connectivity index is 2.18. The maximum absolute atomic E-state index is 5.85. The summed E-state index contributed by atoms with van der Waals surface area (Å²) < 4.78 is 0. The summed E-state index contributed by atoms with van der Waals surface area (Å²) in [5.74, 6) is 0. The first kappa shape index (κ1) is 7.56. The molecule has 1 saturated carbocycles. The van der Waals surface area contributed by atoms with Crippen molar-refractivity contribution in [1.29, 1.82) is 0 Å². The van der Waals surface area contributed by atoms with Gasteiger partial charge in [0.15, 0.2) is 0 Å². The molecule has 64 valence electrons. The molecule has 0 unspecified atom stereocenters. The van der Waals surface area contributed by atoms with Gasteiger partial charge in [0.25, 0.3) is 0 Å². The largest absolute Gasteiger partial charge is 0.330 e. The average molecular weight is 154 g/mol. The SMILES string of the molecule is CN1CC[C@@]2(CN)CCC[C@@H]12. The molecule has 1 heterocycles. The molecule has 0 aromatic heterocycles. The first-order valence-corrected chi connectivity index (χ1v) is 4.69. The molecule has 2 aliphatic rings. The fourth-order valence-electron chi connectivity index (χ4n) is 2.99. The van der Waals surface area contributed by atoms with Crippen molar-refractivity contribution in [3.8, 4) is 0 Å². The van der Waals surface area contributed by atoms with Crippen molar-refractivity contribution >= 4 is 0 Å². The summed E-state index contributed by atoms with van der Waals surface area (Å²) in [6, 6.07) is 0.812. The van der Waals surface area contributed by atoms with E-state index in [1.807, 2.05) is 0 Å². The topological polar surface area (TPSA) is 29.3 Å². The minimum atomic E-state index is 0.523. The van der Waals surface area contributed by atoms with E-state index in [-0.39, 0.29) is 0 Å². The van der Waals surface area contributed by atoms with Crippen LogP contribution in [0.1, 0.15) is 25.7 Å². The van der Waals surface area contributed by atoms with Crippen molar-refractivity contribution in [3.63, 3.8) is 0 Å². The molecule has 2 N–H and O–H groups in total. The molecule has 2 atom stereocenters. The Kier molecular flexibility index (Phi) is 1.69. The molecule has 2 heteroatoms. The summed E-state index contributed by atoms with van der Waals surface area (Å²) >= 11 is 0. The summed E-state index contributed by atoms with van der Waals surface area (Å²) in [7, 11) is 2.24. The zero-order valence-electron chi connectivity index (χ0n) is 7.34. The highest BCUT2D eigenvalue weighted by Gasteiger charge is 2.47. The van der Waals surface area contributed by atoms with E-state index < -0.39 is 0 Å². The van der Waals surface area contributed by atoms with Gasteiger partial charge in [-0.05, 0) is 44.8 Å². The maximum atomic E-state index is 5.85. The van der Waals surface area contributed by atoms with E-state index in [0.29, 0.717) is 5.41 Å². The summed E-state index contributed by atoms with van der Waals surface area (Å²) in [4.78, 5) is 2.50. The van der Waals surface area contributed by atoms with Crippen LogP contribution in [0.5, 0.6) is 0 Å². The van der Waals surface area contributed by atoms with Crippen LogP contribution in [-0.2, 0) is 0 Å². The van der Waals surface area contributed by atoms with Gasteiger partial charge in [0.2, 0.25) is 0 Å². The van der Waals surface area contributed by atoms with Crippen LogP contribution in [0.4, 0.5) is 0 Å². The summed E-state index contributed by atoms with van der Waals surface area (Å²) in [6.45, 7) is 2.17. The van der Waals surface area contributed by atoms with Crippen molar-refractivity contribution in [2.45, 2.75) is 31.7 Å². The monoisotopic (exact) mass is 154 g/mol. The molecule has 0 aromatic carbocycles. The second-order valence-corrected chi connectivity index (χ2v) is 4.21. The van der Waals surface area contributed by atoms with Crippen molar-refractivity contribution in [2.75, 3.05) is 20.1 Å². The second kappa shape index (κ2) is 2.46. The van der Waals surface area contributed by atoms with Crippen LogP contribution >= 0.6 is 0 Å². The highest BCUT2D eigenvalue weighted by Crippen LogP contribution is 2.47. The van der Waals surface area contributed by atoms with Crippen molar-refractivity contribution in [3.05, 3.63) is 0 Å². The number of hydrogen-bond acceptors (Lipinski definition) is 2. The van der Waals surface area contributed by atoms with E-state index in [9.17, 15) is 0 Å². The van der Waals surface area contributed by atoms with Gasteiger partial charge >= 0.3 is 0 Å². The predicted molar refractivity (Wildman–Crippen MR) is 46.4 cm³/mol. The van der Waals surface area contributed by atoms with Crippen molar-refractivity contribution in [1.82, 2.24) is 4.90 Å². The third-order valence-electron chi connectivity index (χ3n) is 3.76. The van der Waals surface area contributed by atoms with E-state index in [0.717, 1.165) is 12.6 Å². The molecule has 0 amide bonds. The third kappa shape index (κ3) is 0.926. The Labute approximate surface area is 68.7 Å². The Bertz CT molecular complexity index is 158. The van der Waals surface area contributed by atoms with Crippen LogP contribution in [0.25, 0.3) is 0 Å². The lowest BCUT2D eigenvalue weighted by Crippen LogP contribution is -2.38. The minimum absolute atomic E-state index is 0.523. The fraction of sp³-hybridized carbons (Fsp3) is 1.00. The summed E-state index contributed by atoms with van der Waals surface area (Å²) in [5.41, 5.74) is 6.37. The number of hydrogen-bond donors (Lipinski definition) is 1. The first-order valence-electron chi connectivity index (χ1n) is 4.69. The van der Waals surface area contributed by atoms with Gasteiger partial charge in [0, 0.05) is 6.04 Å². The van der Waals surface area contributed by atoms with E-state index in [1.54, 1.807) is 0 Å². The van der Waals surface area contributed by atoms with Crippen LogP contribution in [0.2, 0.25) is 0 Å². The van der Waals surface area contributed by atoms with Gasteiger partial charge in [-0.25, -0.2) is 0 Å². The Morgan fingerprint density at radius 2 is 2.36 bits per heavy atom. The lowest BCUT2D eigenvalue weighted by molar-refractivity contribution is 0.219. The molecule has 1 aliphatic carbocycles. The van der Waals surface area contributed by atoms with E-state index in [1.165, 1.54) is 32.2 Å². The third-order valence-corrected chi connectivity index (χ3v) is 3.76. The highest BCUT2D eigenvalue weighted by molar-refractivity contribution is 5.02. The first-order chi connectivity index (χ1) is 5.28. The molecule has 1 saturated heterocycles. The van der Waals surface area contributed by atoms with Gasteiger partial charge in [-0.1, -0.05) is 6.42 Å². The maximum Gasteiger partial charge on any atom is 0.0161 e.